The van der Waals surface area contributed by atoms with E-state index in [2.05, 4.69) is 20.8 Å². The molecule has 0 N–H and O–H groups in total. The highest BCUT2D eigenvalue weighted by Gasteiger charge is 2.21. The number of likely N-dealkylation sites (tertiary alicyclic amines) is 1. The van der Waals surface area contributed by atoms with Gasteiger partial charge in [-0.1, -0.05) is 27.5 Å². The molecule has 4 heteroatoms. The summed E-state index contributed by atoms with van der Waals surface area (Å²) in [5.74, 6) is 0. The van der Waals surface area contributed by atoms with Crippen molar-refractivity contribution in [3.63, 3.8) is 0 Å². The summed E-state index contributed by atoms with van der Waals surface area (Å²) in [5, 5.41) is 0.718. The Hall–Kier alpha value is -0.120. The van der Waals surface area contributed by atoms with Gasteiger partial charge in [0.05, 0.1) is 0 Å². The van der Waals surface area contributed by atoms with Crippen LogP contribution in [0.25, 0.3) is 0 Å². The molecule has 2 rings (SSSR count). The molecule has 1 aliphatic rings. The maximum atomic E-state index is 13.0. The summed E-state index contributed by atoms with van der Waals surface area (Å²) in [4.78, 5) is 2.11. The molecule has 1 aliphatic heterocycles. The number of hydrogen-bond acceptors (Lipinski definition) is 1. The summed E-state index contributed by atoms with van der Waals surface area (Å²) in [6.45, 7) is 2.16. The first-order valence-corrected chi connectivity index (χ1v) is 6.12. The van der Waals surface area contributed by atoms with Crippen molar-refractivity contribution >= 4 is 27.5 Å². The number of nitrogens with zero attached hydrogens (tertiary/aromatic N) is 1. The van der Waals surface area contributed by atoms with E-state index in [1.54, 1.807) is 0 Å². The Morgan fingerprint density at radius 2 is 2.27 bits per heavy atom. The summed E-state index contributed by atoms with van der Waals surface area (Å²) in [6.07, 6.45) is -0.00511. The van der Waals surface area contributed by atoms with Crippen molar-refractivity contribution in [2.45, 2.75) is 19.1 Å². The Morgan fingerprint density at radius 3 is 2.87 bits per heavy atom. The van der Waals surface area contributed by atoms with Crippen LogP contribution < -0.4 is 0 Å². The van der Waals surface area contributed by atoms with Gasteiger partial charge in [0.15, 0.2) is 0 Å². The normalized spacial score (nSPS) is 22.2. The quantitative estimate of drug-likeness (QED) is 0.804. The minimum Gasteiger partial charge on any atom is -0.296 e. The molecule has 0 bridgehead atoms. The molecule has 1 heterocycles. The highest BCUT2D eigenvalue weighted by atomic mass is 79.9. The lowest BCUT2D eigenvalue weighted by atomic mass is 10.2. The summed E-state index contributed by atoms with van der Waals surface area (Å²) in [5.41, 5.74) is 1.13. The molecule has 0 aromatic heterocycles. The Bertz CT molecular complexity index is 338. The Labute approximate surface area is 102 Å². The van der Waals surface area contributed by atoms with Gasteiger partial charge in [0.2, 0.25) is 0 Å². The van der Waals surface area contributed by atoms with Crippen LogP contribution in [0.3, 0.4) is 0 Å². The van der Waals surface area contributed by atoms with Crippen LogP contribution in [0, 0.1) is 0 Å². The lowest BCUT2D eigenvalue weighted by Gasteiger charge is -2.14. The van der Waals surface area contributed by atoms with Crippen molar-refractivity contribution in [3.05, 3.63) is 33.3 Å². The second-order valence-electron chi connectivity index (χ2n) is 3.90. The third-order valence-corrected chi connectivity index (χ3v) is 3.22. The van der Waals surface area contributed by atoms with E-state index >= 15 is 0 Å². The van der Waals surface area contributed by atoms with Crippen molar-refractivity contribution in [2.75, 3.05) is 13.1 Å². The molecule has 1 saturated heterocycles. The van der Waals surface area contributed by atoms with Crippen molar-refractivity contribution in [3.8, 4) is 0 Å². The van der Waals surface area contributed by atoms with Gasteiger partial charge in [-0.15, -0.1) is 0 Å². The molecule has 15 heavy (non-hydrogen) atoms. The summed E-state index contributed by atoms with van der Waals surface area (Å²) >= 11 is 9.34. The minimum atomic E-state index is -0.660. The van der Waals surface area contributed by atoms with Crippen LogP contribution in [0.5, 0.6) is 0 Å². The zero-order chi connectivity index (χ0) is 10.8. The lowest BCUT2D eigenvalue weighted by molar-refractivity contribution is 0.282. The fourth-order valence-corrected chi connectivity index (χ4v) is 2.82. The molecule has 1 atom stereocenters. The largest absolute Gasteiger partial charge is 0.296 e. The van der Waals surface area contributed by atoms with Gasteiger partial charge in [-0.05, 0) is 30.2 Å². The Morgan fingerprint density at radius 1 is 1.47 bits per heavy atom. The fraction of sp³-hybridized carbons (Fsp3) is 0.455. The molecular weight excluding hydrogens is 280 g/mol. The second-order valence-corrected chi connectivity index (χ2v) is 5.25. The average molecular weight is 293 g/mol. The maximum Gasteiger partial charge on any atom is 0.114 e. The number of benzene rings is 1. The summed E-state index contributed by atoms with van der Waals surface area (Å²) < 4.78 is 13.9. The van der Waals surface area contributed by atoms with Gasteiger partial charge in [-0.2, -0.15) is 0 Å². The number of rotatable bonds is 2. The second kappa shape index (κ2) is 4.81. The predicted molar refractivity (Wildman–Crippen MR) is 63.9 cm³/mol. The monoisotopic (exact) mass is 291 g/mol. The first kappa shape index (κ1) is 11.4. The van der Waals surface area contributed by atoms with Crippen LogP contribution >= 0.6 is 27.5 Å². The Kier molecular flexibility index (Phi) is 3.65. The topological polar surface area (TPSA) is 3.24 Å². The van der Waals surface area contributed by atoms with E-state index in [-0.39, 0.29) is 0 Å². The fourth-order valence-electron chi connectivity index (χ4n) is 1.89. The standard InChI is InChI=1S/C11H12BrClFN/c12-9-3-8(4-10(13)5-9)6-15-2-1-11(14)7-15/h3-5,11H,1-2,6-7H2/t11-/m1/s1. The molecule has 82 valence electrons. The number of hydrogen-bond donors (Lipinski definition) is 0. The first-order valence-electron chi connectivity index (χ1n) is 4.95. The van der Waals surface area contributed by atoms with Gasteiger partial charge in [0.1, 0.15) is 6.17 Å². The molecule has 0 spiro atoms. The zero-order valence-electron chi connectivity index (χ0n) is 8.22. The molecule has 1 aromatic rings. The van der Waals surface area contributed by atoms with E-state index < -0.39 is 6.17 Å². The van der Waals surface area contributed by atoms with Gasteiger partial charge in [-0.25, -0.2) is 4.39 Å². The van der Waals surface area contributed by atoms with Crippen LogP contribution in [0.1, 0.15) is 12.0 Å². The molecule has 0 saturated carbocycles. The van der Waals surface area contributed by atoms with Crippen LogP contribution in [0.4, 0.5) is 4.39 Å². The molecular formula is C11H12BrClFN. The van der Waals surface area contributed by atoms with E-state index in [0.29, 0.717) is 13.0 Å². The van der Waals surface area contributed by atoms with Crippen molar-refractivity contribution in [1.29, 1.82) is 0 Å². The van der Waals surface area contributed by atoms with Gasteiger partial charge in [0.25, 0.3) is 0 Å². The number of alkyl halides is 1. The van der Waals surface area contributed by atoms with Gasteiger partial charge in [-0.3, -0.25) is 4.90 Å². The first-order chi connectivity index (χ1) is 7.13. The summed E-state index contributed by atoms with van der Waals surface area (Å²) in [7, 11) is 0. The lowest BCUT2D eigenvalue weighted by Crippen LogP contribution is -2.20. The average Bonchev–Trinajstić information content (AvgIpc) is 2.49. The van der Waals surface area contributed by atoms with E-state index in [1.165, 1.54) is 0 Å². The predicted octanol–water partition coefficient (Wildman–Crippen LogP) is 3.65. The van der Waals surface area contributed by atoms with Crippen molar-refractivity contribution < 1.29 is 4.39 Å². The van der Waals surface area contributed by atoms with Crippen LogP contribution in [0.2, 0.25) is 5.02 Å². The SMILES string of the molecule is F[C@@H]1CCN(Cc2cc(Cl)cc(Br)c2)C1. The van der Waals surface area contributed by atoms with Gasteiger partial charge >= 0.3 is 0 Å². The van der Waals surface area contributed by atoms with Gasteiger partial charge < -0.3 is 0 Å². The van der Waals surface area contributed by atoms with E-state index in [9.17, 15) is 4.39 Å². The highest BCUT2D eigenvalue weighted by molar-refractivity contribution is 9.10. The third-order valence-electron chi connectivity index (χ3n) is 2.54. The van der Waals surface area contributed by atoms with E-state index in [4.69, 9.17) is 11.6 Å². The maximum absolute atomic E-state index is 13.0. The molecule has 1 aromatic carbocycles. The molecule has 0 aliphatic carbocycles. The number of halogens is 3. The minimum absolute atomic E-state index is 0.546. The summed E-state index contributed by atoms with van der Waals surface area (Å²) in [6, 6.07) is 5.81. The molecule has 0 radical (unpaired) electrons. The third kappa shape index (κ3) is 3.16. The highest BCUT2D eigenvalue weighted by Crippen LogP contribution is 2.22. The van der Waals surface area contributed by atoms with Crippen molar-refractivity contribution in [1.82, 2.24) is 4.90 Å². The Balaban J connectivity index is 2.04. The molecule has 0 unspecified atom stereocenters. The molecule has 0 amide bonds. The van der Waals surface area contributed by atoms with Crippen LogP contribution in [0.15, 0.2) is 22.7 Å². The van der Waals surface area contributed by atoms with Gasteiger partial charge in [0, 0.05) is 29.1 Å². The van der Waals surface area contributed by atoms with Crippen LogP contribution in [-0.2, 0) is 6.54 Å². The zero-order valence-corrected chi connectivity index (χ0v) is 10.6. The van der Waals surface area contributed by atoms with Crippen molar-refractivity contribution in [2.24, 2.45) is 0 Å². The van der Waals surface area contributed by atoms with Crippen LogP contribution in [-0.4, -0.2) is 24.2 Å². The smallest absolute Gasteiger partial charge is 0.114 e. The van der Waals surface area contributed by atoms with E-state index in [1.807, 2.05) is 18.2 Å². The molecule has 1 fully saturated rings. The van der Waals surface area contributed by atoms with E-state index in [0.717, 1.165) is 28.1 Å². The molecule has 1 nitrogen and oxygen atoms in total.